The Morgan fingerprint density at radius 2 is 2.00 bits per heavy atom. The van der Waals surface area contributed by atoms with E-state index in [9.17, 15) is 4.79 Å². The highest BCUT2D eigenvalue weighted by molar-refractivity contribution is 5.76. The molecule has 3 heteroatoms. The molecule has 1 saturated heterocycles. The first kappa shape index (κ1) is 10.6. The van der Waals surface area contributed by atoms with Gasteiger partial charge in [-0.05, 0) is 23.8 Å². The smallest absolute Gasteiger partial charge is 0.319 e. The summed E-state index contributed by atoms with van der Waals surface area (Å²) in [5.41, 5.74) is 1.43. The Labute approximate surface area is 102 Å². The second kappa shape index (κ2) is 4.06. The molecule has 17 heavy (non-hydrogen) atoms. The van der Waals surface area contributed by atoms with Gasteiger partial charge in [0.25, 0.3) is 0 Å². The number of rotatable bonds is 3. The van der Waals surface area contributed by atoms with E-state index in [0.717, 1.165) is 19.6 Å². The van der Waals surface area contributed by atoms with E-state index in [1.54, 1.807) is 4.90 Å². The topological polar surface area (TPSA) is 23.6 Å². The van der Waals surface area contributed by atoms with Gasteiger partial charge in [0.15, 0.2) is 0 Å². The summed E-state index contributed by atoms with van der Waals surface area (Å²) in [6, 6.07) is 10.8. The van der Waals surface area contributed by atoms with Crippen molar-refractivity contribution >= 4 is 6.03 Å². The molecule has 3 rings (SSSR count). The maximum Gasteiger partial charge on any atom is 0.319 e. The van der Waals surface area contributed by atoms with E-state index in [0.29, 0.717) is 11.8 Å². The Morgan fingerprint density at radius 1 is 1.24 bits per heavy atom. The van der Waals surface area contributed by atoms with Gasteiger partial charge in [-0.2, -0.15) is 0 Å². The molecule has 0 radical (unpaired) electrons. The Hall–Kier alpha value is -1.51. The molecule has 0 bridgehead atoms. The molecule has 2 amide bonds. The van der Waals surface area contributed by atoms with Gasteiger partial charge < -0.3 is 9.80 Å². The van der Waals surface area contributed by atoms with Crippen molar-refractivity contribution in [2.45, 2.75) is 12.3 Å². The normalized spacial score (nSPS) is 27.7. The van der Waals surface area contributed by atoms with Crippen molar-refractivity contribution < 1.29 is 4.79 Å². The highest BCUT2D eigenvalue weighted by atomic mass is 16.2. The second-order valence-electron chi connectivity index (χ2n) is 5.16. The van der Waals surface area contributed by atoms with Gasteiger partial charge in [0.05, 0.1) is 0 Å². The van der Waals surface area contributed by atoms with Gasteiger partial charge in [0.2, 0.25) is 0 Å². The van der Waals surface area contributed by atoms with Crippen molar-refractivity contribution in [2.24, 2.45) is 5.92 Å². The van der Waals surface area contributed by atoms with Gasteiger partial charge in [-0.1, -0.05) is 30.3 Å². The van der Waals surface area contributed by atoms with Crippen LogP contribution in [0.2, 0.25) is 0 Å². The summed E-state index contributed by atoms with van der Waals surface area (Å²) < 4.78 is 0. The van der Waals surface area contributed by atoms with Gasteiger partial charge in [0, 0.05) is 26.7 Å². The van der Waals surface area contributed by atoms with E-state index in [2.05, 4.69) is 30.3 Å². The first-order valence-corrected chi connectivity index (χ1v) is 6.30. The summed E-state index contributed by atoms with van der Waals surface area (Å²) in [6.45, 7) is 2.71. The summed E-state index contributed by atoms with van der Waals surface area (Å²) >= 11 is 0. The van der Waals surface area contributed by atoms with Crippen LogP contribution in [0, 0.1) is 5.92 Å². The predicted octanol–water partition coefficient (Wildman–Crippen LogP) is 2.16. The van der Waals surface area contributed by atoms with Crippen molar-refractivity contribution in [2.75, 3.05) is 26.7 Å². The Bertz CT molecular complexity index is 417. The molecule has 1 aliphatic heterocycles. The lowest BCUT2D eigenvalue weighted by Crippen LogP contribution is -2.31. The third-order valence-electron chi connectivity index (χ3n) is 3.91. The van der Waals surface area contributed by atoms with E-state index in [-0.39, 0.29) is 6.03 Å². The molecular formula is C14H18N2O. The number of carbonyl (C=O) groups is 1. The number of carbonyl (C=O) groups excluding carboxylic acids is 1. The zero-order valence-electron chi connectivity index (χ0n) is 10.2. The number of nitrogens with zero attached hydrogens (tertiary/aromatic N) is 2. The van der Waals surface area contributed by atoms with Crippen molar-refractivity contribution in [3.63, 3.8) is 0 Å². The number of hydrogen-bond acceptors (Lipinski definition) is 1. The molecule has 0 spiro atoms. The van der Waals surface area contributed by atoms with Gasteiger partial charge in [-0.25, -0.2) is 4.79 Å². The molecule has 3 nitrogen and oxygen atoms in total. The Balaban J connectivity index is 1.58. The minimum Gasteiger partial charge on any atom is -0.326 e. The van der Waals surface area contributed by atoms with Gasteiger partial charge in [0.1, 0.15) is 0 Å². The first-order valence-electron chi connectivity index (χ1n) is 6.30. The summed E-state index contributed by atoms with van der Waals surface area (Å²) in [5, 5.41) is 0. The molecular weight excluding hydrogens is 212 g/mol. The number of benzene rings is 1. The summed E-state index contributed by atoms with van der Waals surface area (Å²) in [5.74, 6) is 1.35. The standard InChI is InChI=1S/C14H18N2O/c1-15-7-8-16(14(15)17)10-12-9-13(12)11-5-3-2-4-6-11/h2-6,12-13H,7-10H2,1H3/t12-,13-/m1/s1. The molecule has 0 unspecified atom stereocenters. The van der Waals surface area contributed by atoms with Crippen LogP contribution in [-0.4, -0.2) is 42.5 Å². The lowest BCUT2D eigenvalue weighted by molar-refractivity contribution is 0.196. The summed E-state index contributed by atoms with van der Waals surface area (Å²) in [4.78, 5) is 15.6. The number of hydrogen-bond donors (Lipinski definition) is 0. The second-order valence-corrected chi connectivity index (χ2v) is 5.16. The predicted molar refractivity (Wildman–Crippen MR) is 66.9 cm³/mol. The summed E-state index contributed by atoms with van der Waals surface area (Å²) in [7, 11) is 1.88. The minimum absolute atomic E-state index is 0.198. The maximum atomic E-state index is 11.8. The van der Waals surface area contributed by atoms with Crippen molar-refractivity contribution in [3.05, 3.63) is 35.9 Å². The Kier molecular flexibility index (Phi) is 2.54. The lowest BCUT2D eigenvalue weighted by atomic mass is 10.1. The molecule has 0 aromatic heterocycles. The average Bonchev–Trinajstić information content (AvgIpc) is 3.06. The van der Waals surface area contributed by atoms with Crippen LogP contribution in [0.25, 0.3) is 0 Å². The van der Waals surface area contributed by atoms with E-state index in [1.807, 2.05) is 11.9 Å². The van der Waals surface area contributed by atoms with Crippen molar-refractivity contribution in [3.8, 4) is 0 Å². The largest absolute Gasteiger partial charge is 0.326 e. The average molecular weight is 230 g/mol. The number of likely N-dealkylation sites (N-methyl/N-ethyl adjacent to an activating group) is 1. The van der Waals surface area contributed by atoms with E-state index < -0.39 is 0 Å². The Morgan fingerprint density at radius 3 is 2.65 bits per heavy atom. The van der Waals surface area contributed by atoms with Crippen LogP contribution in [0.1, 0.15) is 17.9 Å². The molecule has 1 saturated carbocycles. The highest BCUT2D eigenvalue weighted by Crippen LogP contribution is 2.47. The van der Waals surface area contributed by atoms with E-state index in [1.165, 1.54) is 12.0 Å². The first-order chi connectivity index (χ1) is 8.25. The van der Waals surface area contributed by atoms with Crippen LogP contribution in [0.15, 0.2) is 30.3 Å². The SMILES string of the molecule is CN1CCN(C[C@H]2C[C@@H]2c2ccccc2)C1=O. The van der Waals surface area contributed by atoms with Gasteiger partial charge in [-0.3, -0.25) is 0 Å². The molecule has 2 atom stereocenters. The van der Waals surface area contributed by atoms with E-state index >= 15 is 0 Å². The van der Waals surface area contributed by atoms with Crippen LogP contribution >= 0.6 is 0 Å². The fourth-order valence-electron chi connectivity index (χ4n) is 2.71. The number of urea groups is 1. The quantitative estimate of drug-likeness (QED) is 0.780. The van der Waals surface area contributed by atoms with Crippen molar-refractivity contribution in [1.82, 2.24) is 9.80 Å². The molecule has 1 heterocycles. The molecule has 1 aromatic rings. The van der Waals surface area contributed by atoms with Gasteiger partial charge in [-0.15, -0.1) is 0 Å². The fourth-order valence-corrected chi connectivity index (χ4v) is 2.71. The third kappa shape index (κ3) is 2.02. The highest BCUT2D eigenvalue weighted by Gasteiger charge is 2.41. The molecule has 1 aromatic carbocycles. The molecule has 1 aliphatic carbocycles. The molecule has 2 aliphatic rings. The van der Waals surface area contributed by atoms with Crippen molar-refractivity contribution in [1.29, 1.82) is 0 Å². The van der Waals surface area contributed by atoms with Crippen LogP contribution in [0.3, 0.4) is 0 Å². The van der Waals surface area contributed by atoms with Crippen LogP contribution < -0.4 is 0 Å². The van der Waals surface area contributed by atoms with Crippen LogP contribution in [0.5, 0.6) is 0 Å². The monoisotopic (exact) mass is 230 g/mol. The van der Waals surface area contributed by atoms with E-state index in [4.69, 9.17) is 0 Å². The summed E-state index contributed by atoms with van der Waals surface area (Å²) in [6.07, 6.45) is 1.23. The fraction of sp³-hybridized carbons (Fsp3) is 0.500. The minimum atomic E-state index is 0.198. The number of amides is 2. The lowest BCUT2D eigenvalue weighted by Gasteiger charge is -2.15. The molecule has 2 fully saturated rings. The van der Waals surface area contributed by atoms with Gasteiger partial charge >= 0.3 is 6.03 Å². The molecule has 0 N–H and O–H groups in total. The zero-order valence-corrected chi connectivity index (χ0v) is 10.2. The zero-order chi connectivity index (χ0) is 11.8. The maximum absolute atomic E-state index is 11.8. The molecule has 90 valence electrons. The third-order valence-corrected chi connectivity index (χ3v) is 3.91. The van der Waals surface area contributed by atoms with Crippen LogP contribution in [0.4, 0.5) is 4.79 Å². The van der Waals surface area contributed by atoms with Crippen LogP contribution in [-0.2, 0) is 0 Å².